The number of rotatable bonds is 7. The Labute approximate surface area is 189 Å². The van der Waals surface area contributed by atoms with Crippen molar-refractivity contribution >= 4 is 0 Å². The number of hydrogen-bond acceptors (Lipinski definition) is 0. The Hall–Kier alpha value is 0. The lowest BCUT2D eigenvalue weighted by atomic mass is 9.42. The summed E-state index contributed by atoms with van der Waals surface area (Å²) in [4.78, 5) is 0. The summed E-state index contributed by atoms with van der Waals surface area (Å²) in [5, 5.41) is 0. The van der Waals surface area contributed by atoms with Gasteiger partial charge in [-0.05, 0) is 103 Å². The van der Waals surface area contributed by atoms with Crippen LogP contribution in [-0.4, -0.2) is 0 Å². The molecule has 9 atom stereocenters. The Kier molecular flexibility index (Phi) is 7.02. The summed E-state index contributed by atoms with van der Waals surface area (Å²) < 4.78 is 0. The molecule has 0 nitrogen and oxygen atoms in total. The maximum absolute atomic E-state index is 2.78. The van der Waals surface area contributed by atoms with E-state index in [1.807, 2.05) is 0 Å². The highest BCUT2D eigenvalue weighted by Crippen LogP contribution is 2.70. The molecule has 4 fully saturated rings. The van der Waals surface area contributed by atoms with Gasteiger partial charge in [-0.2, -0.15) is 0 Å². The normalized spacial score (nSPS) is 46.9. The Morgan fingerprint density at radius 3 is 2.33 bits per heavy atom. The minimum atomic E-state index is 0.655. The Morgan fingerprint density at radius 1 is 0.833 bits per heavy atom. The first kappa shape index (κ1) is 23.2. The van der Waals surface area contributed by atoms with Gasteiger partial charge in [-0.25, -0.2) is 0 Å². The van der Waals surface area contributed by atoms with Crippen molar-refractivity contribution in [2.45, 2.75) is 131 Å². The minimum Gasteiger partial charge on any atom is -0.0654 e. The third-order valence-corrected chi connectivity index (χ3v) is 11.6. The fourth-order valence-electron chi connectivity index (χ4n) is 10.2. The predicted octanol–water partition coefficient (Wildman–Crippen LogP) is 9.52. The van der Waals surface area contributed by atoms with Gasteiger partial charge in [0, 0.05) is 0 Å². The maximum Gasteiger partial charge on any atom is -0.0264 e. The van der Waals surface area contributed by atoms with Crippen LogP contribution in [0.3, 0.4) is 0 Å². The molecule has 0 amide bonds. The SMILES string of the molecule is CCCC1CC2CCCC[C@]2(C)[C@H]2CC[C@]3(C)[C@@H]([C@H](C)CCCC(C)C)CC[C@H]3[C@H]12. The molecule has 0 aromatic rings. The minimum absolute atomic E-state index is 0.655. The average molecular weight is 415 g/mol. The van der Waals surface area contributed by atoms with E-state index in [-0.39, 0.29) is 0 Å². The molecule has 0 spiro atoms. The molecule has 30 heavy (non-hydrogen) atoms. The van der Waals surface area contributed by atoms with Gasteiger partial charge in [-0.3, -0.25) is 0 Å². The van der Waals surface area contributed by atoms with Crippen LogP contribution in [0.15, 0.2) is 0 Å². The van der Waals surface area contributed by atoms with Gasteiger partial charge < -0.3 is 0 Å². The zero-order chi connectivity index (χ0) is 21.5. The lowest BCUT2D eigenvalue weighted by Gasteiger charge is -2.63. The van der Waals surface area contributed by atoms with Gasteiger partial charge in [0.2, 0.25) is 0 Å². The molecule has 4 aliphatic carbocycles. The van der Waals surface area contributed by atoms with Crippen molar-refractivity contribution in [1.29, 1.82) is 0 Å². The quantitative estimate of drug-likeness (QED) is 0.389. The van der Waals surface area contributed by atoms with Crippen LogP contribution in [0.2, 0.25) is 0 Å². The van der Waals surface area contributed by atoms with Crippen LogP contribution in [0.1, 0.15) is 131 Å². The van der Waals surface area contributed by atoms with Crippen LogP contribution < -0.4 is 0 Å². The lowest BCUT2D eigenvalue weighted by Crippen LogP contribution is -2.56. The molecule has 4 saturated carbocycles. The van der Waals surface area contributed by atoms with E-state index in [1.54, 1.807) is 44.9 Å². The largest absolute Gasteiger partial charge is 0.0654 e. The van der Waals surface area contributed by atoms with Crippen LogP contribution in [-0.2, 0) is 0 Å². The van der Waals surface area contributed by atoms with Crippen molar-refractivity contribution in [3.63, 3.8) is 0 Å². The average Bonchev–Trinajstić information content (AvgIpc) is 3.05. The highest BCUT2D eigenvalue weighted by atomic mass is 14.7. The van der Waals surface area contributed by atoms with Crippen LogP contribution in [0.25, 0.3) is 0 Å². The second-order valence-corrected chi connectivity index (χ2v) is 13.6. The molecule has 0 heteroatoms. The van der Waals surface area contributed by atoms with Gasteiger partial charge in [-0.1, -0.05) is 86.5 Å². The van der Waals surface area contributed by atoms with E-state index in [1.165, 1.54) is 44.9 Å². The van der Waals surface area contributed by atoms with E-state index in [2.05, 4.69) is 41.5 Å². The van der Waals surface area contributed by atoms with E-state index in [9.17, 15) is 0 Å². The summed E-state index contributed by atoms with van der Waals surface area (Å²) in [6.07, 6.45) is 21.3. The van der Waals surface area contributed by atoms with E-state index < -0.39 is 0 Å². The molecule has 0 aromatic heterocycles. The van der Waals surface area contributed by atoms with E-state index in [0.717, 1.165) is 47.3 Å². The smallest absolute Gasteiger partial charge is 0.0264 e. The standard InChI is InChI=1S/C30H54/c1-7-11-23-20-24-14-8-9-18-29(24,5)27-17-19-30(6)25(15-16-26(30)28(23)27)22(4)13-10-12-21(2)3/h21-28H,7-20H2,1-6H3/t22-,23?,24?,25-,26+,27+,28+,29+,30-/m1/s1. The van der Waals surface area contributed by atoms with E-state index in [4.69, 9.17) is 0 Å². The van der Waals surface area contributed by atoms with Gasteiger partial charge >= 0.3 is 0 Å². The van der Waals surface area contributed by atoms with Crippen LogP contribution in [0.5, 0.6) is 0 Å². The second-order valence-electron chi connectivity index (χ2n) is 13.6. The molecule has 0 saturated heterocycles. The van der Waals surface area contributed by atoms with Gasteiger partial charge in [-0.15, -0.1) is 0 Å². The first-order valence-electron chi connectivity index (χ1n) is 14.3. The van der Waals surface area contributed by atoms with Crippen LogP contribution >= 0.6 is 0 Å². The Balaban J connectivity index is 1.54. The zero-order valence-electron chi connectivity index (χ0n) is 21.5. The molecule has 0 aromatic carbocycles. The molecule has 0 aliphatic heterocycles. The van der Waals surface area contributed by atoms with Crippen molar-refractivity contribution in [2.75, 3.05) is 0 Å². The molecule has 0 heterocycles. The van der Waals surface area contributed by atoms with Crippen molar-refractivity contribution in [3.05, 3.63) is 0 Å². The maximum atomic E-state index is 2.78. The van der Waals surface area contributed by atoms with Crippen molar-refractivity contribution < 1.29 is 0 Å². The van der Waals surface area contributed by atoms with Gasteiger partial charge in [0.05, 0.1) is 0 Å². The highest BCUT2D eigenvalue weighted by molar-refractivity contribution is 5.11. The van der Waals surface area contributed by atoms with Crippen molar-refractivity contribution in [3.8, 4) is 0 Å². The first-order chi connectivity index (χ1) is 14.3. The van der Waals surface area contributed by atoms with Crippen molar-refractivity contribution in [2.24, 2.45) is 58.2 Å². The van der Waals surface area contributed by atoms with Crippen LogP contribution in [0, 0.1) is 58.2 Å². The highest BCUT2D eigenvalue weighted by Gasteiger charge is 2.62. The molecule has 2 unspecified atom stereocenters. The zero-order valence-corrected chi connectivity index (χ0v) is 21.5. The number of fused-ring (bicyclic) bond motifs is 5. The van der Waals surface area contributed by atoms with Crippen molar-refractivity contribution in [1.82, 2.24) is 0 Å². The summed E-state index contributed by atoms with van der Waals surface area (Å²) in [7, 11) is 0. The molecule has 0 radical (unpaired) electrons. The fourth-order valence-corrected chi connectivity index (χ4v) is 10.2. The monoisotopic (exact) mass is 414 g/mol. The third-order valence-electron chi connectivity index (χ3n) is 11.6. The second kappa shape index (κ2) is 9.09. The van der Waals surface area contributed by atoms with E-state index >= 15 is 0 Å². The predicted molar refractivity (Wildman–Crippen MR) is 131 cm³/mol. The van der Waals surface area contributed by atoms with Gasteiger partial charge in [0.25, 0.3) is 0 Å². The number of hydrogen-bond donors (Lipinski definition) is 0. The summed E-state index contributed by atoms with van der Waals surface area (Å²) in [5.74, 6) is 8.11. The molecule has 4 aliphatic rings. The lowest BCUT2D eigenvalue weighted by molar-refractivity contribution is -0.142. The summed E-state index contributed by atoms with van der Waals surface area (Å²) in [5.41, 5.74) is 1.34. The first-order valence-corrected chi connectivity index (χ1v) is 14.3. The Morgan fingerprint density at radius 2 is 1.60 bits per heavy atom. The van der Waals surface area contributed by atoms with Gasteiger partial charge in [0.1, 0.15) is 0 Å². The van der Waals surface area contributed by atoms with E-state index in [0.29, 0.717) is 10.8 Å². The summed E-state index contributed by atoms with van der Waals surface area (Å²) in [6, 6.07) is 0. The summed E-state index contributed by atoms with van der Waals surface area (Å²) in [6.45, 7) is 15.4. The van der Waals surface area contributed by atoms with Crippen LogP contribution in [0.4, 0.5) is 0 Å². The summed E-state index contributed by atoms with van der Waals surface area (Å²) >= 11 is 0. The third kappa shape index (κ3) is 3.94. The molecule has 4 rings (SSSR count). The molecular weight excluding hydrogens is 360 g/mol. The molecular formula is C30H54. The topological polar surface area (TPSA) is 0 Å². The molecule has 174 valence electrons. The molecule has 0 bridgehead atoms. The Bertz CT molecular complexity index is 562. The fraction of sp³-hybridized carbons (Fsp3) is 1.00. The van der Waals surface area contributed by atoms with Gasteiger partial charge in [0.15, 0.2) is 0 Å². The molecule has 0 N–H and O–H groups in total.